The van der Waals surface area contributed by atoms with Crippen molar-refractivity contribution in [2.45, 2.75) is 39.2 Å². The maximum Gasteiger partial charge on any atom is 0.0486 e. The Balaban J connectivity index is 2.11. The highest BCUT2D eigenvalue weighted by Crippen LogP contribution is 2.33. The number of benzene rings is 1. The van der Waals surface area contributed by atoms with E-state index in [0.29, 0.717) is 6.04 Å². The van der Waals surface area contributed by atoms with E-state index in [1.54, 1.807) is 0 Å². The van der Waals surface area contributed by atoms with Crippen LogP contribution in [0.3, 0.4) is 0 Å². The third-order valence-corrected chi connectivity index (χ3v) is 4.43. The molecule has 0 heterocycles. The summed E-state index contributed by atoms with van der Waals surface area (Å²) in [5.74, 6) is 1.55. The van der Waals surface area contributed by atoms with Gasteiger partial charge in [0, 0.05) is 16.2 Å². The number of para-hydroxylation sites is 1. The summed E-state index contributed by atoms with van der Waals surface area (Å²) in [5, 5.41) is 3.70. The summed E-state index contributed by atoms with van der Waals surface area (Å²) < 4.78 is 1.17. The summed E-state index contributed by atoms with van der Waals surface area (Å²) in [4.78, 5) is 0. The van der Waals surface area contributed by atoms with Crippen LogP contribution in [-0.4, -0.2) is 6.04 Å². The van der Waals surface area contributed by atoms with Crippen LogP contribution >= 0.6 is 15.9 Å². The van der Waals surface area contributed by atoms with Crippen molar-refractivity contribution < 1.29 is 0 Å². The van der Waals surface area contributed by atoms with E-state index in [1.165, 1.54) is 29.4 Å². The number of hydrogen-bond donors (Lipinski definition) is 1. The predicted octanol–water partition coefficient (Wildman–Crippen LogP) is 4.69. The highest BCUT2D eigenvalue weighted by molar-refractivity contribution is 9.10. The van der Waals surface area contributed by atoms with Gasteiger partial charge in [-0.15, -0.1) is 0 Å². The molecule has 2 rings (SSSR count). The third-order valence-electron chi connectivity index (χ3n) is 3.74. The van der Waals surface area contributed by atoms with E-state index in [4.69, 9.17) is 0 Å². The molecule has 2 heteroatoms. The first-order valence-electron chi connectivity index (χ1n) is 6.19. The van der Waals surface area contributed by atoms with Crippen LogP contribution in [-0.2, 0) is 0 Å². The molecule has 88 valence electrons. The molecule has 2 atom stereocenters. The van der Waals surface area contributed by atoms with Crippen molar-refractivity contribution in [3.05, 3.63) is 28.7 Å². The molecule has 1 nitrogen and oxygen atoms in total. The van der Waals surface area contributed by atoms with Crippen LogP contribution in [0.25, 0.3) is 0 Å². The second kappa shape index (κ2) is 5.22. The standard InChI is InChI=1S/C14H20BrN/c1-10-6-5-7-11(2)14(10)16-13-9-4-3-8-12(13)15/h3-4,8-11,14,16H,5-7H2,1-2H3. The first-order valence-corrected chi connectivity index (χ1v) is 6.99. The minimum Gasteiger partial charge on any atom is -0.381 e. The molecule has 0 bridgehead atoms. The van der Waals surface area contributed by atoms with Crippen molar-refractivity contribution in [1.29, 1.82) is 0 Å². The molecule has 0 aliphatic heterocycles. The molecule has 16 heavy (non-hydrogen) atoms. The average molecular weight is 282 g/mol. The van der Waals surface area contributed by atoms with Gasteiger partial charge >= 0.3 is 0 Å². The minimum atomic E-state index is 0.618. The Labute approximate surface area is 107 Å². The predicted molar refractivity (Wildman–Crippen MR) is 73.7 cm³/mol. The largest absolute Gasteiger partial charge is 0.381 e. The molecule has 1 aromatic rings. The number of nitrogens with one attached hydrogen (secondary N) is 1. The fourth-order valence-electron chi connectivity index (χ4n) is 2.72. The van der Waals surface area contributed by atoms with Gasteiger partial charge in [-0.3, -0.25) is 0 Å². The molecular weight excluding hydrogens is 262 g/mol. The molecule has 1 aliphatic rings. The molecule has 1 saturated carbocycles. The molecule has 1 fully saturated rings. The Morgan fingerprint density at radius 2 is 1.75 bits per heavy atom. The zero-order valence-corrected chi connectivity index (χ0v) is 11.6. The molecule has 0 saturated heterocycles. The number of rotatable bonds is 2. The summed E-state index contributed by atoms with van der Waals surface area (Å²) >= 11 is 3.60. The van der Waals surface area contributed by atoms with Gasteiger partial charge in [-0.2, -0.15) is 0 Å². The molecule has 0 aromatic heterocycles. The Bertz CT molecular complexity index is 340. The van der Waals surface area contributed by atoms with Crippen LogP contribution < -0.4 is 5.32 Å². The van der Waals surface area contributed by atoms with Gasteiger partial charge in [0.15, 0.2) is 0 Å². The quantitative estimate of drug-likeness (QED) is 0.830. The molecule has 0 radical (unpaired) electrons. The molecule has 0 amide bonds. The zero-order chi connectivity index (χ0) is 11.5. The van der Waals surface area contributed by atoms with E-state index in [9.17, 15) is 0 Å². The summed E-state index contributed by atoms with van der Waals surface area (Å²) in [6.07, 6.45) is 4.09. The first kappa shape index (κ1) is 12.0. The summed E-state index contributed by atoms with van der Waals surface area (Å²) in [5.41, 5.74) is 1.23. The van der Waals surface area contributed by atoms with Crippen molar-refractivity contribution in [3.63, 3.8) is 0 Å². The zero-order valence-electron chi connectivity index (χ0n) is 10.0. The second-order valence-corrected chi connectivity index (χ2v) is 5.89. The summed E-state index contributed by atoms with van der Waals surface area (Å²) in [6.45, 7) is 4.73. The van der Waals surface area contributed by atoms with Gasteiger partial charge in [0.1, 0.15) is 0 Å². The lowest BCUT2D eigenvalue weighted by atomic mass is 9.78. The lowest BCUT2D eigenvalue weighted by Gasteiger charge is -2.36. The van der Waals surface area contributed by atoms with Crippen molar-refractivity contribution in [3.8, 4) is 0 Å². The van der Waals surface area contributed by atoms with Gasteiger partial charge in [0.25, 0.3) is 0 Å². The first-order chi connectivity index (χ1) is 7.68. The number of halogens is 1. The van der Waals surface area contributed by atoms with Crippen molar-refractivity contribution >= 4 is 21.6 Å². The molecule has 1 aliphatic carbocycles. The van der Waals surface area contributed by atoms with Crippen molar-refractivity contribution in [1.82, 2.24) is 0 Å². The van der Waals surface area contributed by atoms with E-state index in [2.05, 4.69) is 59.4 Å². The highest BCUT2D eigenvalue weighted by Gasteiger charge is 2.27. The Hall–Kier alpha value is -0.500. The van der Waals surface area contributed by atoms with Gasteiger partial charge < -0.3 is 5.32 Å². The minimum absolute atomic E-state index is 0.618. The molecule has 2 unspecified atom stereocenters. The van der Waals surface area contributed by atoms with Crippen LogP contribution in [0, 0.1) is 11.8 Å². The third kappa shape index (κ3) is 2.60. The van der Waals surface area contributed by atoms with Crippen LogP contribution in [0.2, 0.25) is 0 Å². The normalized spacial score (nSPS) is 30.1. The molecular formula is C14H20BrN. The van der Waals surface area contributed by atoms with E-state index in [0.717, 1.165) is 11.8 Å². The Morgan fingerprint density at radius 1 is 1.12 bits per heavy atom. The van der Waals surface area contributed by atoms with Crippen LogP contribution in [0.5, 0.6) is 0 Å². The fourth-order valence-corrected chi connectivity index (χ4v) is 3.12. The maximum atomic E-state index is 3.70. The van der Waals surface area contributed by atoms with Crippen LogP contribution in [0.1, 0.15) is 33.1 Å². The lowest BCUT2D eigenvalue weighted by molar-refractivity contribution is 0.268. The van der Waals surface area contributed by atoms with E-state index < -0.39 is 0 Å². The summed E-state index contributed by atoms with van der Waals surface area (Å²) in [7, 11) is 0. The fraction of sp³-hybridized carbons (Fsp3) is 0.571. The van der Waals surface area contributed by atoms with Crippen LogP contribution in [0.15, 0.2) is 28.7 Å². The molecule has 1 N–H and O–H groups in total. The van der Waals surface area contributed by atoms with Gasteiger partial charge in [-0.05, 0) is 52.7 Å². The lowest BCUT2D eigenvalue weighted by Crippen LogP contribution is -2.37. The SMILES string of the molecule is CC1CCCC(C)C1Nc1ccccc1Br. The smallest absolute Gasteiger partial charge is 0.0486 e. The number of anilines is 1. The molecule has 1 aromatic carbocycles. The van der Waals surface area contributed by atoms with Gasteiger partial charge in [-0.25, -0.2) is 0 Å². The van der Waals surface area contributed by atoms with Gasteiger partial charge in [0.2, 0.25) is 0 Å². The van der Waals surface area contributed by atoms with Crippen molar-refractivity contribution in [2.24, 2.45) is 11.8 Å². The Morgan fingerprint density at radius 3 is 2.38 bits per heavy atom. The Kier molecular flexibility index (Phi) is 3.91. The summed E-state index contributed by atoms with van der Waals surface area (Å²) in [6, 6.07) is 9.01. The van der Waals surface area contributed by atoms with Crippen LogP contribution in [0.4, 0.5) is 5.69 Å². The maximum absolute atomic E-state index is 3.70. The topological polar surface area (TPSA) is 12.0 Å². The average Bonchev–Trinajstić information content (AvgIpc) is 2.26. The van der Waals surface area contributed by atoms with Crippen molar-refractivity contribution in [2.75, 3.05) is 5.32 Å². The van der Waals surface area contributed by atoms with E-state index in [1.807, 2.05) is 0 Å². The van der Waals surface area contributed by atoms with E-state index in [-0.39, 0.29) is 0 Å². The van der Waals surface area contributed by atoms with Gasteiger partial charge in [0.05, 0.1) is 0 Å². The molecule has 0 spiro atoms. The number of hydrogen-bond acceptors (Lipinski definition) is 1. The second-order valence-electron chi connectivity index (χ2n) is 5.04. The van der Waals surface area contributed by atoms with Gasteiger partial charge in [-0.1, -0.05) is 32.4 Å². The monoisotopic (exact) mass is 281 g/mol. The highest BCUT2D eigenvalue weighted by atomic mass is 79.9. The van der Waals surface area contributed by atoms with E-state index >= 15 is 0 Å².